The lowest BCUT2D eigenvalue weighted by molar-refractivity contribution is -0.160. The number of rotatable bonds is 6. The Morgan fingerprint density at radius 1 is 0.957 bits per heavy atom. The molecular weight excluding hydrogens is 286 g/mol. The quantitative estimate of drug-likeness (QED) is 0.649. The molecule has 0 bridgehead atoms. The summed E-state index contributed by atoms with van der Waals surface area (Å²) in [6.45, 7) is 6.26. The van der Waals surface area contributed by atoms with Gasteiger partial charge in [0.25, 0.3) is 0 Å². The van der Waals surface area contributed by atoms with E-state index < -0.39 is 5.41 Å². The molecule has 1 atom stereocenters. The van der Waals surface area contributed by atoms with Gasteiger partial charge in [0.05, 0.1) is 5.41 Å². The number of nitrogens with one attached hydrogen (secondary N) is 1. The topological polar surface area (TPSA) is 38.3 Å². The highest BCUT2D eigenvalue weighted by Crippen LogP contribution is 2.17. The third-order valence-corrected chi connectivity index (χ3v) is 3.50. The van der Waals surface area contributed by atoms with Crippen molar-refractivity contribution in [3.05, 3.63) is 71.8 Å². The van der Waals surface area contributed by atoms with E-state index in [4.69, 9.17) is 4.74 Å². The van der Waals surface area contributed by atoms with Crippen molar-refractivity contribution in [1.29, 1.82) is 0 Å². The summed E-state index contributed by atoms with van der Waals surface area (Å²) in [5.74, 6) is -0.195. The van der Waals surface area contributed by atoms with E-state index in [0.29, 0.717) is 13.0 Å². The predicted octanol–water partition coefficient (Wildman–Crippen LogP) is 3.93. The number of carbonyl (C=O) groups excluding carboxylic acids is 1. The molecule has 1 N–H and O–H groups in total. The molecule has 122 valence electrons. The smallest absolute Gasteiger partial charge is 0.312 e. The van der Waals surface area contributed by atoms with Crippen LogP contribution in [0.1, 0.15) is 31.9 Å². The van der Waals surface area contributed by atoms with Gasteiger partial charge in [-0.3, -0.25) is 10.1 Å². The zero-order valence-corrected chi connectivity index (χ0v) is 14.1. The average Bonchev–Trinajstić information content (AvgIpc) is 2.53. The standard InChI is InChI=1S/C20H25NO2/c1-20(2,3)19(22)23-18(14-16-10-6-4-7-11-16)21-15-17-12-8-5-9-13-17/h4-13,18,21H,14-15H2,1-3H3. The van der Waals surface area contributed by atoms with Gasteiger partial charge in [0.15, 0.2) is 6.23 Å². The molecule has 0 fully saturated rings. The van der Waals surface area contributed by atoms with Crippen molar-refractivity contribution < 1.29 is 9.53 Å². The number of hydrogen-bond acceptors (Lipinski definition) is 3. The molecule has 0 aromatic heterocycles. The predicted molar refractivity (Wildman–Crippen MR) is 92.8 cm³/mol. The van der Waals surface area contributed by atoms with Crippen LogP contribution >= 0.6 is 0 Å². The lowest BCUT2D eigenvalue weighted by atomic mass is 9.97. The first-order valence-corrected chi connectivity index (χ1v) is 7.97. The van der Waals surface area contributed by atoms with Gasteiger partial charge in [-0.15, -0.1) is 0 Å². The molecule has 2 rings (SSSR count). The number of hydrogen-bond donors (Lipinski definition) is 1. The van der Waals surface area contributed by atoms with Crippen LogP contribution < -0.4 is 5.32 Å². The Morgan fingerprint density at radius 2 is 1.48 bits per heavy atom. The monoisotopic (exact) mass is 311 g/mol. The molecule has 0 heterocycles. The minimum Gasteiger partial charge on any atom is -0.446 e. The van der Waals surface area contributed by atoms with Crippen LogP contribution in [-0.4, -0.2) is 12.2 Å². The van der Waals surface area contributed by atoms with Gasteiger partial charge in [0.2, 0.25) is 0 Å². The third kappa shape index (κ3) is 5.87. The molecule has 2 aromatic carbocycles. The van der Waals surface area contributed by atoms with Gasteiger partial charge in [0, 0.05) is 13.0 Å². The van der Waals surface area contributed by atoms with E-state index in [1.807, 2.05) is 69.3 Å². The Bertz CT molecular complexity index is 603. The zero-order valence-electron chi connectivity index (χ0n) is 14.1. The molecule has 3 nitrogen and oxygen atoms in total. The van der Waals surface area contributed by atoms with Crippen LogP contribution in [0.5, 0.6) is 0 Å². The SMILES string of the molecule is CC(C)(C)C(=O)OC(Cc1ccccc1)NCc1ccccc1. The highest BCUT2D eigenvalue weighted by Gasteiger charge is 2.26. The van der Waals surface area contributed by atoms with Crippen LogP contribution in [0, 0.1) is 5.41 Å². The summed E-state index contributed by atoms with van der Waals surface area (Å²) in [7, 11) is 0. The summed E-state index contributed by atoms with van der Waals surface area (Å²) in [6.07, 6.45) is 0.305. The van der Waals surface area contributed by atoms with E-state index in [1.165, 1.54) is 0 Å². The first-order chi connectivity index (χ1) is 10.9. The summed E-state index contributed by atoms with van der Waals surface area (Å²) in [4.78, 5) is 12.2. The lowest BCUT2D eigenvalue weighted by Gasteiger charge is -2.24. The van der Waals surface area contributed by atoms with Gasteiger partial charge in [0.1, 0.15) is 0 Å². The van der Waals surface area contributed by atoms with E-state index in [-0.39, 0.29) is 12.2 Å². The maximum absolute atomic E-state index is 12.2. The van der Waals surface area contributed by atoms with Crippen LogP contribution in [0.4, 0.5) is 0 Å². The summed E-state index contributed by atoms with van der Waals surface area (Å²) >= 11 is 0. The van der Waals surface area contributed by atoms with E-state index in [0.717, 1.165) is 11.1 Å². The van der Waals surface area contributed by atoms with Gasteiger partial charge in [-0.05, 0) is 31.9 Å². The molecule has 3 heteroatoms. The highest BCUT2D eigenvalue weighted by molar-refractivity contribution is 5.75. The van der Waals surface area contributed by atoms with Crippen molar-refractivity contribution in [3.63, 3.8) is 0 Å². The van der Waals surface area contributed by atoms with E-state index in [1.54, 1.807) is 0 Å². The van der Waals surface area contributed by atoms with Crippen molar-refractivity contribution in [3.8, 4) is 0 Å². The fourth-order valence-electron chi connectivity index (χ4n) is 2.12. The highest BCUT2D eigenvalue weighted by atomic mass is 16.6. The maximum Gasteiger partial charge on any atom is 0.312 e. The second-order valence-corrected chi connectivity index (χ2v) is 6.70. The summed E-state index contributed by atoms with van der Waals surface area (Å²) in [6, 6.07) is 20.2. The van der Waals surface area contributed by atoms with Crippen LogP contribution in [0.3, 0.4) is 0 Å². The summed E-state index contributed by atoms with van der Waals surface area (Å²) < 4.78 is 5.69. The van der Waals surface area contributed by atoms with Crippen LogP contribution in [0.2, 0.25) is 0 Å². The fraction of sp³-hybridized carbons (Fsp3) is 0.350. The molecule has 0 saturated carbocycles. The van der Waals surface area contributed by atoms with Crippen molar-refractivity contribution in [2.24, 2.45) is 5.41 Å². The minimum atomic E-state index is -0.511. The maximum atomic E-state index is 12.2. The van der Waals surface area contributed by atoms with Crippen LogP contribution in [-0.2, 0) is 22.5 Å². The number of carbonyl (C=O) groups is 1. The van der Waals surface area contributed by atoms with Gasteiger partial charge in [-0.1, -0.05) is 60.7 Å². The molecule has 23 heavy (non-hydrogen) atoms. The largest absolute Gasteiger partial charge is 0.446 e. The van der Waals surface area contributed by atoms with Crippen molar-refractivity contribution in [2.45, 2.75) is 40.0 Å². The van der Waals surface area contributed by atoms with E-state index in [2.05, 4.69) is 17.4 Å². The number of esters is 1. The Kier molecular flexibility index (Phi) is 5.94. The van der Waals surface area contributed by atoms with Gasteiger partial charge >= 0.3 is 5.97 Å². The summed E-state index contributed by atoms with van der Waals surface area (Å²) in [5, 5.41) is 3.34. The zero-order chi connectivity index (χ0) is 16.7. The second-order valence-electron chi connectivity index (χ2n) is 6.70. The molecule has 2 aromatic rings. The second kappa shape index (κ2) is 7.93. The lowest BCUT2D eigenvalue weighted by Crippen LogP contribution is -2.38. The van der Waals surface area contributed by atoms with Gasteiger partial charge < -0.3 is 4.74 Å². The molecule has 0 aliphatic carbocycles. The van der Waals surface area contributed by atoms with Crippen molar-refractivity contribution in [1.82, 2.24) is 5.32 Å². The van der Waals surface area contributed by atoms with E-state index in [9.17, 15) is 4.79 Å². The molecule has 0 radical (unpaired) electrons. The molecular formula is C20H25NO2. The third-order valence-electron chi connectivity index (χ3n) is 3.50. The molecule has 0 amide bonds. The van der Waals surface area contributed by atoms with Crippen molar-refractivity contribution >= 4 is 5.97 Å². The van der Waals surface area contributed by atoms with Crippen molar-refractivity contribution in [2.75, 3.05) is 0 Å². The molecule has 1 unspecified atom stereocenters. The Morgan fingerprint density at radius 3 is 2.00 bits per heavy atom. The van der Waals surface area contributed by atoms with E-state index >= 15 is 0 Å². The van der Waals surface area contributed by atoms with Crippen LogP contribution in [0.15, 0.2) is 60.7 Å². The summed E-state index contributed by atoms with van der Waals surface area (Å²) in [5.41, 5.74) is 1.79. The molecule has 0 spiro atoms. The Balaban J connectivity index is 2.03. The molecule has 0 aliphatic heterocycles. The molecule has 0 saturated heterocycles. The van der Waals surface area contributed by atoms with Crippen LogP contribution in [0.25, 0.3) is 0 Å². The number of benzene rings is 2. The average molecular weight is 311 g/mol. The Labute approximate surface area is 138 Å². The fourth-order valence-corrected chi connectivity index (χ4v) is 2.12. The number of ether oxygens (including phenoxy) is 1. The normalized spacial score (nSPS) is 12.7. The minimum absolute atomic E-state index is 0.195. The molecule has 0 aliphatic rings. The Hall–Kier alpha value is -2.13. The van der Waals surface area contributed by atoms with Gasteiger partial charge in [-0.25, -0.2) is 0 Å². The van der Waals surface area contributed by atoms with Gasteiger partial charge in [-0.2, -0.15) is 0 Å². The first kappa shape index (κ1) is 17.2. The first-order valence-electron chi connectivity index (χ1n) is 7.97.